The van der Waals surface area contributed by atoms with E-state index < -0.39 is 28.4 Å². The van der Waals surface area contributed by atoms with Gasteiger partial charge < -0.3 is 14.7 Å². The predicted octanol–water partition coefficient (Wildman–Crippen LogP) is 0.158. The highest BCUT2D eigenvalue weighted by atomic mass is 32.2. The molecule has 9 heteroatoms. The quantitative estimate of drug-likeness (QED) is 0.617. The van der Waals surface area contributed by atoms with Crippen LogP contribution in [0.1, 0.15) is 17.3 Å². The van der Waals surface area contributed by atoms with Gasteiger partial charge in [0.15, 0.2) is 0 Å². The molecule has 0 atom stereocenters. The Labute approximate surface area is 135 Å². The van der Waals surface area contributed by atoms with Crippen LogP contribution in [-0.4, -0.2) is 63.7 Å². The van der Waals surface area contributed by atoms with E-state index in [4.69, 9.17) is 9.84 Å². The number of nitrogens with one attached hydrogen (secondary N) is 1. The molecule has 1 aromatic rings. The minimum atomic E-state index is -3.76. The number of nitrogens with zero attached hydrogens (tertiary/aromatic N) is 1. The lowest BCUT2D eigenvalue weighted by molar-refractivity contribution is -0.137. The molecule has 0 aliphatic carbocycles. The van der Waals surface area contributed by atoms with Crippen molar-refractivity contribution in [2.45, 2.75) is 11.8 Å². The number of rotatable bonds is 9. The van der Waals surface area contributed by atoms with Crippen molar-refractivity contribution >= 4 is 21.9 Å². The summed E-state index contributed by atoms with van der Waals surface area (Å²) in [4.78, 5) is 24.1. The first-order chi connectivity index (χ1) is 10.8. The van der Waals surface area contributed by atoms with Crippen LogP contribution in [0.3, 0.4) is 0 Å². The normalized spacial score (nSPS) is 11.2. The van der Waals surface area contributed by atoms with Gasteiger partial charge in [0, 0.05) is 25.8 Å². The molecule has 0 aliphatic rings. The summed E-state index contributed by atoms with van der Waals surface area (Å²) in [5.41, 5.74) is 0.114. The number of carbonyl (C=O) groups excluding carboxylic acids is 1. The van der Waals surface area contributed by atoms with Crippen molar-refractivity contribution in [1.82, 2.24) is 9.62 Å². The van der Waals surface area contributed by atoms with Gasteiger partial charge in [0.05, 0.1) is 11.5 Å². The second-order valence-electron chi connectivity index (χ2n) is 4.63. The van der Waals surface area contributed by atoms with Gasteiger partial charge in [-0.15, -0.1) is 0 Å². The number of ether oxygens (including phenoxy) is 1. The molecule has 1 amide bonds. The minimum absolute atomic E-state index is 0.0640. The van der Waals surface area contributed by atoms with Crippen LogP contribution in [0.2, 0.25) is 0 Å². The molecule has 1 aromatic carbocycles. The van der Waals surface area contributed by atoms with E-state index in [9.17, 15) is 18.0 Å². The third kappa shape index (κ3) is 5.62. The van der Waals surface area contributed by atoms with Crippen LogP contribution in [0.25, 0.3) is 0 Å². The molecule has 0 aliphatic heterocycles. The molecule has 23 heavy (non-hydrogen) atoms. The number of benzene rings is 1. The summed E-state index contributed by atoms with van der Waals surface area (Å²) in [5.74, 6) is -1.67. The molecule has 2 N–H and O–H groups in total. The van der Waals surface area contributed by atoms with Crippen molar-refractivity contribution in [2.75, 3.05) is 33.4 Å². The van der Waals surface area contributed by atoms with E-state index >= 15 is 0 Å². The number of hydrogen-bond donors (Lipinski definition) is 2. The van der Waals surface area contributed by atoms with Crippen LogP contribution < -0.4 is 4.72 Å². The number of amides is 1. The Morgan fingerprint density at radius 3 is 2.61 bits per heavy atom. The summed E-state index contributed by atoms with van der Waals surface area (Å²) in [6.07, 6.45) is 0. The van der Waals surface area contributed by atoms with E-state index in [-0.39, 0.29) is 30.2 Å². The fourth-order valence-electron chi connectivity index (χ4n) is 1.83. The molecule has 0 saturated carbocycles. The van der Waals surface area contributed by atoms with Crippen LogP contribution in [0.15, 0.2) is 29.2 Å². The smallest absolute Gasteiger partial charge is 0.323 e. The van der Waals surface area contributed by atoms with E-state index in [0.717, 1.165) is 4.90 Å². The number of likely N-dealkylation sites (N-methyl/N-ethyl adjacent to an activating group) is 1. The highest BCUT2D eigenvalue weighted by molar-refractivity contribution is 7.89. The van der Waals surface area contributed by atoms with Gasteiger partial charge in [0.25, 0.3) is 5.91 Å². The zero-order valence-electron chi connectivity index (χ0n) is 13.0. The molecule has 0 aromatic heterocycles. The van der Waals surface area contributed by atoms with Gasteiger partial charge in [-0.05, 0) is 25.1 Å². The molecule has 0 bridgehead atoms. The third-order valence-corrected chi connectivity index (χ3v) is 4.44. The molecule has 0 radical (unpaired) electrons. The number of methoxy groups -OCH3 is 1. The summed E-state index contributed by atoms with van der Waals surface area (Å²) >= 11 is 0. The van der Waals surface area contributed by atoms with Crippen molar-refractivity contribution in [1.29, 1.82) is 0 Å². The fraction of sp³-hybridized carbons (Fsp3) is 0.429. The molecular weight excluding hydrogens is 324 g/mol. The van der Waals surface area contributed by atoms with Crippen LogP contribution in [0.5, 0.6) is 0 Å². The summed E-state index contributed by atoms with van der Waals surface area (Å²) < 4.78 is 31.3. The first-order valence-corrected chi connectivity index (χ1v) is 8.40. The SMILES string of the molecule is CCN(CC(=O)O)C(=O)c1cccc(S(=O)(=O)NCCOC)c1. The molecule has 0 spiro atoms. The average Bonchev–Trinajstić information content (AvgIpc) is 2.52. The summed E-state index contributed by atoms with van der Waals surface area (Å²) in [6, 6.07) is 5.47. The molecule has 1 rings (SSSR count). The Bertz CT molecular complexity index is 659. The van der Waals surface area contributed by atoms with Crippen LogP contribution >= 0.6 is 0 Å². The second kappa shape index (κ2) is 8.61. The number of sulfonamides is 1. The minimum Gasteiger partial charge on any atom is -0.480 e. The average molecular weight is 344 g/mol. The van der Waals surface area contributed by atoms with Gasteiger partial charge in [0.1, 0.15) is 6.54 Å². The van der Waals surface area contributed by atoms with Gasteiger partial charge >= 0.3 is 5.97 Å². The summed E-state index contributed by atoms with van der Waals surface area (Å²) in [5, 5.41) is 8.80. The number of carboxylic acid groups (broad SMARTS) is 1. The predicted molar refractivity (Wildman–Crippen MR) is 82.7 cm³/mol. The maximum atomic E-state index is 12.3. The Morgan fingerprint density at radius 2 is 2.04 bits per heavy atom. The highest BCUT2D eigenvalue weighted by Gasteiger charge is 2.20. The van der Waals surface area contributed by atoms with Crippen molar-refractivity contribution in [2.24, 2.45) is 0 Å². The molecular formula is C14H20N2O6S. The second-order valence-corrected chi connectivity index (χ2v) is 6.40. The molecule has 128 valence electrons. The van der Waals surface area contributed by atoms with E-state index in [1.807, 2.05) is 0 Å². The maximum Gasteiger partial charge on any atom is 0.323 e. The van der Waals surface area contributed by atoms with Crippen molar-refractivity contribution < 1.29 is 27.9 Å². The number of aliphatic carboxylic acids is 1. The highest BCUT2D eigenvalue weighted by Crippen LogP contribution is 2.13. The zero-order valence-corrected chi connectivity index (χ0v) is 13.8. The molecule has 0 saturated heterocycles. The van der Waals surface area contributed by atoms with Crippen molar-refractivity contribution in [3.05, 3.63) is 29.8 Å². The molecule has 0 unspecified atom stereocenters. The van der Waals surface area contributed by atoms with Crippen molar-refractivity contribution in [3.8, 4) is 0 Å². The topological polar surface area (TPSA) is 113 Å². The molecule has 0 heterocycles. The monoisotopic (exact) mass is 344 g/mol. The molecule has 8 nitrogen and oxygen atoms in total. The molecule has 0 fully saturated rings. The van der Waals surface area contributed by atoms with Crippen molar-refractivity contribution in [3.63, 3.8) is 0 Å². The number of carboxylic acids is 1. The Hall–Kier alpha value is -1.97. The van der Waals surface area contributed by atoms with E-state index in [1.54, 1.807) is 6.92 Å². The Morgan fingerprint density at radius 1 is 1.35 bits per heavy atom. The summed E-state index contributed by atoms with van der Waals surface area (Å²) in [7, 11) is -2.31. The lowest BCUT2D eigenvalue weighted by Gasteiger charge is -2.18. The number of hydrogen-bond acceptors (Lipinski definition) is 5. The third-order valence-electron chi connectivity index (χ3n) is 2.98. The van der Waals surface area contributed by atoms with Crippen LogP contribution in [0.4, 0.5) is 0 Å². The fourth-order valence-corrected chi connectivity index (χ4v) is 2.89. The lowest BCUT2D eigenvalue weighted by atomic mass is 10.2. The van der Waals surface area contributed by atoms with E-state index in [0.29, 0.717) is 0 Å². The summed E-state index contributed by atoms with van der Waals surface area (Å²) in [6.45, 7) is 1.73. The van der Waals surface area contributed by atoms with Gasteiger partial charge in [-0.25, -0.2) is 13.1 Å². The standard InChI is InChI=1S/C14H20N2O6S/c1-3-16(10-13(17)18)14(19)11-5-4-6-12(9-11)23(20,21)15-7-8-22-2/h4-6,9,15H,3,7-8,10H2,1-2H3,(H,17,18). The number of carbonyl (C=O) groups is 2. The van der Waals surface area contributed by atoms with Gasteiger partial charge in [-0.1, -0.05) is 6.07 Å². The lowest BCUT2D eigenvalue weighted by Crippen LogP contribution is -2.35. The van der Waals surface area contributed by atoms with Gasteiger partial charge in [0.2, 0.25) is 10.0 Å². The Balaban J connectivity index is 2.99. The first kappa shape index (κ1) is 19.1. The van der Waals surface area contributed by atoms with Crippen LogP contribution in [0, 0.1) is 0 Å². The maximum absolute atomic E-state index is 12.3. The van der Waals surface area contributed by atoms with E-state index in [1.165, 1.54) is 31.4 Å². The van der Waals surface area contributed by atoms with Gasteiger partial charge in [-0.3, -0.25) is 9.59 Å². The largest absolute Gasteiger partial charge is 0.480 e. The first-order valence-electron chi connectivity index (χ1n) is 6.91. The zero-order chi connectivity index (χ0) is 17.5. The van der Waals surface area contributed by atoms with Gasteiger partial charge in [-0.2, -0.15) is 0 Å². The van der Waals surface area contributed by atoms with E-state index in [2.05, 4.69) is 4.72 Å². The van der Waals surface area contributed by atoms with Crippen LogP contribution in [-0.2, 0) is 19.6 Å². The Kier molecular flexibility index (Phi) is 7.14.